The third-order valence-corrected chi connectivity index (χ3v) is 6.77. The minimum absolute atomic E-state index is 0.0924. The molecule has 0 spiro atoms. The predicted octanol–water partition coefficient (Wildman–Crippen LogP) is 0.210. The van der Waals surface area contributed by atoms with Crippen molar-refractivity contribution < 1.29 is 58.4 Å². The van der Waals surface area contributed by atoms with E-state index in [1.165, 1.54) is 0 Å². The molecule has 252 valence electrons. The Hall–Kier alpha value is -3.43. The van der Waals surface area contributed by atoms with Gasteiger partial charge in [0.25, 0.3) is 0 Å². The molecule has 44 heavy (non-hydrogen) atoms. The summed E-state index contributed by atoms with van der Waals surface area (Å²) >= 11 is 0. The minimum atomic E-state index is -1.36. The SMILES string of the molecule is CCC(=O)NCCOCCOCC(=O)C[C@@H](CCC(=O)N[C@@H](CCC(=O)NCCCC[C@H](CC)C(=O)CO)C(=O)O)C(=O)O. The van der Waals surface area contributed by atoms with E-state index >= 15 is 0 Å². The molecule has 0 aliphatic heterocycles. The van der Waals surface area contributed by atoms with Gasteiger partial charge in [0.15, 0.2) is 11.6 Å². The summed E-state index contributed by atoms with van der Waals surface area (Å²) in [6, 6.07) is -1.36. The first-order chi connectivity index (χ1) is 20.9. The highest BCUT2D eigenvalue weighted by atomic mass is 16.5. The smallest absolute Gasteiger partial charge is 0.326 e. The summed E-state index contributed by atoms with van der Waals surface area (Å²) in [5.41, 5.74) is 0. The largest absolute Gasteiger partial charge is 0.481 e. The lowest BCUT2D eigenvalue weighted by Gasteiger charge is -2.16. The number of unbranched alkanes of at least 4 members (excludes halogenated alkanes) is 1. The lowest BCUT2D eigenvalue weighted by atomic mass is 9.95. The van der Waals surface area contributed by atoms with E-state index in [1.54, 1.807) is 6.92 Å². The van der Waals surface area contributed by atoms with Crippen molar-refractivity contribution in [3.8, 4) is 0 Å². The number of hydrogen-bond donors (Lipinski definition) is 6. The number of ether oxygens (including phenoxy) is 2. The molecule has 0 bridgehead atoms. The van der Waals surface area contributed by atoms with Gasteiger partial charge in [0, 0.05) is 44.7 Å². The lowest BCUT2D eigenvalue weighted by Crippen LogP contribution is -2.42. The van der Waals surface area contributed by atoms with Gasteiger partial charge in [-0.25, -0.2) is 4.79 Å². The molecule has 3 amide bonds. The van der Waals surface area contributed by atoms with Crippen LogP contribution in [-0.2, 0) is 43.0 Å². The molecule has 0 saturated heterocycles. The fraction of sp³-hybridized carbons (Fsp3) is 0.759. The maximum Gasteiger partial charge on any atom is 0.326 e. The number of hydrogen-bond acceptors (Lipinski definition) is 10. The molecule has 15 nitrogen and oxygen atoms in total. The molecule has 0 aliphatic rings. The van der Waals surface area contributed by atoms with Crippen LogP contribution in [0, 0.1) is 11.8 Å². The number of aliphatic hydroxyl groups is 1. The van der Waals surface area contributed by atoms with Crippen LogP contribution >= 0.6 is 0 Å². The number of aliphatic hydroxyl groups excluding tert-OH is 1. The number of amides is 3. The van der Waals surface area contributed by atoms with Gasteiger partial charge in [-0.2, -0.15) is 0 Å². The Morgan fingerprint density at radius 1 is 0.705 bits per heavy atom. The van der Waals surface area contributed by atoms with Crippen molar-refractivity contribution in [3.05, 3.63) is 0 Å². The highest BCUT2D eigenvalue weighted by Crippen LogP contribution is 2.14. The number of rotatable bonds is 28. The second-order valence-corrected chi connectivity index (χ2v) is 10.3. The Morgan fingerprint density at radius 3 is 1.98 bits per heavy atom. The van der Waals surface area contributed by atoms with Gasteiger partial charge in [-0.15, -0.1) is 0 Å². The molecular weight excluding hydrogens is 582 g/mol. The number of carboxylic acids is 2. The first kappa shape index (κ1) is 40.6. The third-order valence-electron chi connectivity index (χ3n) is 6.77. The Morgan fingerprint density at radius 2 is 1.36 bits per heavy atom. The molecule has 0 aromatic carbocycles. The quantitative estimate of drug-likeness (QED) is 0.0636. The van der Waals surface area contributed by atoms with Crippen molar-refractivity contribution in [2.75, 3.05) is 46.1 Å². The van der Waals surface area contributed by atoms with E-state index in [-0.39, 0.29) is 76.1 Å². The normalized spacial score (nSPS) is 12.9. The molecule has 0 rings (SSSR count). The van der Waals surface area contributed by atoms with Gasteiger partial charge < -0.3 is 40.7 Å². The highest BCUT2D eigenvalue weighted by Gasteiger charge is 2.25. The maximum atomic E-state index is 12.3. The number of ketones is 2. The molecule has 0 aliphatic carbocycles. The summed E-state index contributed by atoms with van der Waals surface area (Å²) in [6.07, 6.45) is 1.64. The predicted molar refractivity (Wildman–Crippen MR) is 156 cm³/mol. The van der Waals surface area contributed by atoms with Crippen LogP contribution in [0.5, 0.6) is 0 Å². The van der Waals surface area contributed by atoms with Crippen molar-refractivity contribution >= 4 is 41.2 Å². The first-order valence-electron chi connectivity index (χ1n) is 15.0. The molecule has 0 heterocycles. The Balaban J connectivity index is 4.34. The van der Waals surface area contributed by atoms with Gasteiger partial charge in [0.1, 0.15) is 19.3 Å². The van der Waals surface area contributed by atoms with E-state index < -0.39 is 48.1 Å². The van der Waals surface area contributed by atoms with Gasteiger partial charge in [0.05, 0.1) is 25.7 Å². The summed E-state index contributed by atoms with van der Waals surface area (Å²) < 4.78 is 10.4. The fourth-order valence-electron chi connectivity index (χ4n) is 4.10. The Bertz CT molecular complexity index is 927. The molecule has 6 N–H and O–H groups in total. The molecule has 0 radical (unpaired) electrons. The number of carbonyl (C=O) groups excluding carboxylic acids is 5. The van der Waals surface area contributed by atoms with Crippen LogP contribution in [0.2, 0.25) is 0 Å². The van der Waals surface area contributed by atoms with Crippen molar-refractivity contribution in [2.24, 2.45) is 11.8 Å². The number of aliphatic carboxylic acids is 2. The van der Waals surface area contributed by atoms with E-state index in [2.05, 4.69) is 16.0 Å². The Kier molecular flexibility index (Phi) is 23.0. The zero-order chi connectivity index (χ0) is 33.3. The topological polar surface area (TPSA) is 235 Å². The second-order valence-electron chi connectivity index (χ2n) is 10.3. The molecule has 0 aromatic rings. The number of carboxylic acid groups (broad SMARTS) is 2. The van der Waals surface area contributed by atoms with Crippen LogP contribution in [0.25, 0.3) is 0 Å². The average Bonchev–Trinajstić information content (AvgIpc) is 2.99. The van der Waals surface area contributed by atoms with E-state index in [1.807, 2.05) is 6.92 Å². The van der Waals surface area contributed by atoms with E-state index in [9.17, 15) is 43.8 Å². The monoisotopic (exact) mass is 631 g/mol. The summed E-state index contributed by atoms with van der Waals surface area (Å²) in [4.78, 5) is 82.4. The van der Waals surface area contributed by atoms with Crippen molar-refractivity contribution in [2.45, 2.75) is 84.1 Å². The highest BCUT2D eigenvalue weighted by molar-refractivity contribution is 5.86. The van der Waals surface area contributed by atoms with Crippen LogP contribution in [-0.4, -0.2) is 109 Å². The molecule has 0 saturated carbocycles. The van der Waals surface area contributed by atoms with E-state index in [0.29, 0.717) is 45.2 Å². The Labute approximate surface area is 257 Å². The van der Waals surface area contributed by atoms with E-state index in [0.717, 1.165) is 0 Å². The number of carbonyl (C=O) groups is 7. The molecule has 3 atom stereocenters. The number of nitrogens with one attached hydrogen (secondary N) is 3. The van der Waals surface area contributed by atoms with Gasteiger partial charge in [0.2, 0.25) is 17.7 Å². The van der Waals surface area contributed by atoms with Crippen LogP contribution in [0.1, 0.15) is 78.1 Å². The fourth-order valence-corrected chi connectivity index (χ4v) is 4.10. The molecule has 0 fully saturated rings. The molecule has 0 aromatic heterocycles. The zero-order valence-electron chi connectivity index (χ0n) is 25.8. The van der Waals surface area contributed by atoms with Crippen LogP contribution < -0.4 is 16.0 Å². The third kappa shape index (κ3) is 20.5. The van der Waals surface area contributed by atoms with Crippen LogP contribution in [0.15, 0.2) is 0 Å². The van der Waals surface area contributed by atoms with Gasteiger partial charge in [-0.3, -0.25) is 28.8 Å². The number of Topliss-reactive ketones (excluding diaryl/α,β-unsaturated/α-hetero) is 2. The summed E-state index contributed by atoms with van der Waals surface area (Å²) in [7, 11) is 0. The summed E-state index contributed by atoms with van der Waals surface area (Å²) in [5.74, 6) is -5.91. The van der Waals surface area contributed by atoms with Crippen molar-refractivity contribution in [1.82, 2.24) is 16.0 Å². The maximum absolute atomic E-state index is 12.3. The lowest BCUT2D eigenvalue weighted by molar-refractivity contribution is -0.145. The van der Waals surface area contributed by atoms with Crippen molar-refractivity contribution in [3.63, 3.8) is 0 Å². The standard InChI is InChI=1S/C29H49N3O12/c1-3-20(24(35)18-33)7-5-6-12-30-26(37)11-9-23(29(41)42)32-27(38)10-8-21(28(39)40)17-22(34)19-44-16-15-43-14-13-31-25(36)4-2/h20-21,23,33H,3-19H2,1-2H3,(H,30,37)(H,31,36)(H,32,38)(H,39,40)(H,41,42)/t20-,21+,23-/m0/s1. The van der Waals surface area contributed by atoms with Gasteiger partial charge in [-0.1, -0.05) is 20.3 Å². The molecular formula is C29H49N3O12. The zero-order valence-corrected chi connectivity index (χ0v) is 25.8. The van der Waals surface area contributed by atoms with Crippen LogP contribution in [0.3, 0.4) is 0 Å². The van der Waals surface area contributed by atoms with Crippen molar-refractivity contribution in [1.29, 1.82) is 0 Å². The minimum Gasteiger partial charge on any atom is -0.481 e. The summed E-state index contributed by atoms with van der Waals surface area (Å²) in [5, 5.41) is 35.4. The van der Waals surface area contributed by atoms with Gasteiger partial charge >= 0.3 is 11.9 Å². The summed E-state index contributed by atoms with van der Waals surface area (Å²) in [6.45, 7) is 4.00. The second kappa shape index (κ2) is 25.0. The van der Waals surface area contributed by atoms with Crippen LogP contribution in [0.4, 0.5) is 0 Å². The molecule has 15 heteroatoms. The first-order valence-corrected chi connectivity index (χ1v) is 15.0. The van der Waals surface area contributed by atoms with Gasteiger partial charge in [-0.05, 0) is 32.1 Å². The molecule has 0 unspecified atom stereocenters. The van der Waals surface area contributed by atoms with E-state index in [4.69, 9.17) is 14.6 Å². The average molecular weight is 632 g/mol.